The van der Waals surface area contributed by atoms with Crippen molar-refractivity contribution < 1.29 is 14.2 Å². The van der Waals surface area contributed by atoms with Gasteiger partial charge in [0.25, 0.3) is 0 Å². The zero-order chi connectivity index (χ0) is 10.8. The third-order valence-corrected chi connectivity index (χ3v) is 2.63. The van der Waals surface area contributed by atoms with E-state index in [1.807, 2.05) is 0 Å². The monoisotopic (exact) mass is 208 g/mol. The average molecular weight is 208 g/mol. The van der Waals surface area contributed by atoms with E-state index in [0.717, 1.165) is 5.57 Å². The number of rotatable bonds is 2. The van der Waals surface area contributed by atoms with Gasteiger partial charge in [0, 0.05) is 5.56 Å². The van der Waals surface area contributed by atoms with Crippen LogP contribution < -0.4 is 4.74 Å². The summed E-state index contributed by atoms with van der Waals surface area (Å²) >= 11 is 0. The van der Waals surface area contributed by atoms with E-state index < -0.39 is 6.10 Å². The SMILES string of the molecule is COc1cccc(C2=CC(O)CC2)c1F. The summed E-state index contributed by atoms with van der Waals surface area (Å²) in [5.74, 6) is -0.102. The van der Waals surface area contributed by atoms with Gasteiger partial charge in [-0.3, -0.25) is 0 Å². The molecule has 1 aromatic rings. The summed E-state index contributed by atoms with van der Waals surface area (Å²) in [7, 11) is 1.44. The zero-order valence-electron chi connectivity index (χ0n) is 8.53. The van der Waals surface area contributed by atoms with Gasteiger partial charge in [0.2, 0.25) is 0 Å². The molecule has 1 N–H and O–H groups in total. The van der Waals surface area contributed by atoms with Gasteiger partial charge >= 0.3 is 0 Å². The minimum atomic E-state index is -0.439. The maximum Gasteiger partial charge on any atom is 0.172 e. The van der Waals surface area contributed by atoms with E-state index in [-0.39, 0.29) is 11.6 Å². The van der Waals surface area contributed by atoms with Crippen LogP contribution in [-0.4, -0.2) is 18.3 Å². The van der Waals surface area contributed by atoms with Gasteiger partial charge < -0.3 is 9.84 Å². The highest BCUT2D eigenvalue weighted by Gasteiger charge is 2.18. The van der Waals surface area contributed by atoms with Crippen LogP contribution in [0.2, 0.25) is 0 Å². The summed E-state index contributed by atoms with van der Waals surface area (Å²) in [6, 6.07) is 5.05. The van der Waals surface area contributed by atoms with Crippen molar-refractivity contribution in [3.63, 3.8) is 0 Å². The van der Waals surface area contributed by atoms with Crippen molar-refractivity contribution >= 4 is 5.57 Å². The van der Waals surface area contributed by atoms with Gasteiger partial charge in [-0.1, -0.05) is 18.2 Å². The molecule has 1 aliphatic rings. The molecule has 0 radical (unpaired) electrons. The zero-order valence-corrected chi connectivity index (χ0v) is 8.53. The molecule has 0 spiro atoms. The van der Waals surface area contributed by atoms with E-state index >= 15 is 0 Å². The van der Waals surface area contributed by atoms with Gasteiger partial charge in [0.15, 0.2) is 11.6 Å². The molecule has 0 aliphatic heterocycles. The predicted octanol–water partition coefficient (Wildman–Crippen LogP) is 2.37. The number of aliphatic hydroxyl groups is 1. The topological polar surface area (TPSA) is 29.5 Å². The molecule has 3 heteroatoms. The van der Waals surface area contributed by atoms with E-state index in [0.29, 0.717) is 18.4 Å². The van der Waals surface area contributed by atoms with E-state index in [4.69, 9.17) is 4.74 Å². The van der Waals surface area contributed by atoms with Crippen molar-refractivity contribution in [1.29, 1.82) is 0 Å². The van der Waals surface area contributed by atoms with E-state index in [1.165, 1.54) is 7.11 Å². The third-order valence-electron chi connectivity index (χ3n) is 2.63. The number of methoxy groups -OCH3 is 1. The van der Waals surface area contributed by atoms with E-state index in [9.17, 15) is 9.50 Å². The Morgan fingerprint density at radius 2 is 2.27 bits per heavy atom. The van der Waals surface area contributed by atoms with Gasteiger partial charge in [-0.25, -0.2) is 4.39 Å². The second-order valence-corrected chi connectivity index (χ2v) is 3.62. The van der Waals surface area contributed by atoms with Crippen molar-refractivity contribution in [1.82, 2.24) is 0 Å². The maximum absolute atomic E-state index is 13.8. The second kappa shape index (κ2) is 4.03. The Morgan fingerprint density at radius 1 is 1.47 bits per heavy atom. The van der Waals surface area contributed by atoms with E-state index in [1.54, 1.807) is 24.3 Å². The Morgan fingerprint density at radius 3 is 2.87 bits per heavy atom. The highest BCUT2D eigenvalue weighted by molar-refractivity contribution is 5.69. The van der Waals surface area contributed by atoms with Crippen molar-refractivity contribution in [2.24, 2.45) is 0 Å². The molecule has 1 atom stereocenters. The second-order valence-electron chi connectivity index (χ2n) is 3.62. The summed E-state index contributed by atoms with van der Waals surface area (Å²) in [5, 5.41) is 9.35. The van der Waals surface area contributed by atoms with Gasteiger partial charge in [0.1, 0.15) is 0 Å². The molecule has 80 valence electrons. The molecule has 2 nitrogen and oxygen atoms in total. The van der Waals surface area contributed by atoms with Gasteiger partial charge in [-0.15, -0.1) is 0 Å². The summed E-state index contributed by atoms with van der Waals surface area (Å²) in [5.41, 5.74) is 1.39. The molecular weight excluding hydrogens is 195 g/mol. The van der Waals surface area contributed by atoms with Crippen LogP contribution in [0.5, 0.6) is 5.75 Å². The van der Waals surface area contributed by atoms with Crippen molar-refractivity contribution in [3.8, 4) is 5.75 Å². The van der Waals surface area contributed by atoms with Crippen molar-refractivity contribution in [2.45, 2.75) is 18.9 Å². The molecule has 1 aromatic carbocycles. The maximum atomic E-state index is 13.8. The largest absolute Gasteiger partial charge is 0.494 e. The minimum absolute atomic E-state index is 0.245. The lowest BCUT2D eigenvalue weighted by molar-refractivity contribution is 0.223. The van der Waals surface area contributed by atoms with Gasteiger partial charge in [-0.2, -0.15) is 0 Å². The number of hydrogen-bond donors (Lipinski definition) is 1. The summed E-state index contributed by atoms with van der Waals surface area (Å²) in [4.78, 5) is 0. The number of allylic oxidation sites excluding steroid dienone is 1. The molecule has 0 aromatic heterocycles. The molecule has 2 rings (SSSR count). The number of benzene rings is 1. The molecule has 0 saturated carbocycles. The normalized spacial score (nSPS) is 20.2. The molecule has 0 amide bonds. The summed E-state index contributed by atoms with van der Waals surface area (Å²) in [6.07, 6.45) is 2.65. The fraction of sp³-hybridized carbons (Fsp3) is 0.333. The predicted molar refractivity (Wildman–Crippen MR) is 56.2 cm³/mol. The van der Waals surface area contributed by atoms with Crippen molar-refractivity contribution in [3.05, 3.63) is 35.7 Å². The molecule has 0 heterocycles. The van der Waals surface area contributed by atoms with Crippen LogP contribution in [0, 0.1) is 5.82 Å². The number of aliphatic hydroxyl groups excluding tert-OH is 1. The van der Waals surface area contributed by atoms with Crippen molar-refractivity contribution in [2.75, 3.05) is 7.11 Å². The molecule has 15 heavy (non-hydrogen) atoms. The van der Waals surface area contributed by atoms with Crippen LogP contribution in [0.25, 0.3) is 5.57 Å². The standard InChI is InChI=1S/C12H13FO2/c1-15-11-4-2-3-10(12(11)13)8-5-6-9(14)7-8/h2-4,7,9,14H,5-6H2,1H3. The first kappa shape index (κ1) is 10.2. The lowest BCUT2D eigenvalue weighted by Gasteiger charge is -2.07. The Labute approximate surface area is 88.0 Å². The Balaban J connectivity index is 2.40. The van der Waals surface area contributed by atoms with Crippen LogP contribution >= 0.6 is 0 Å². The van der Waals surface area contributed by atoms with Gasteiger partial charge in [0.05, 0.1) is 13.2 Å². The molecule has 1 aliphatic carbocycles. The van der Waals surface area contributed by atoms with Crippen LogP contribution in [0.1, 0.15) is 18.4 Å². The number of ether oxygens (including phenoxy) is 1. The highest BCUT2D eigenvalue weighted by atomic mass is 19.1. The Bertz CT molecular complexity index is 399. The molecule has 0 bridgehead atoms. The third kappa shape index (κ3) is 1.88. The first-order valence-corrected chi connectivity index (χ1v) is 4.94. The first-order valence-electron chi connectivity index (χ1n) is 4.94. The quantitative estimate of drug-likeness (QED) is 0.808. The fourth-order valence-corrected chi connectivity index (χ4v) is 1.84. The highest BCUT2D eigenvalue weighted by Crippen LogP contribution is 2.32. The molecule has 1 unspecified atom stereocenters. The first-order chi connectivity index (χ1) is 7.22. The molecular formula is C12H13FO2. The number of hydrogen-bond acceptors (Lipinski definition) is 2. The summed E-state index contributed by atoms with van der Waals surface area (Å²) < 4.78 is 18.7. The van der Waals surface area contributed by atoms with Crippen LogP contribution in [0.15, 0.2) is 24.3 Å². The van der Waals surface area contributed by atoms with Crippen LogP contribution in [0.4, 0.5) is 4.39 Å². The van der Waals surface area contributed by atoms with Crippen LogP contribution in [0.3, 0.4) is 0 Å². The molecule has 0 saturated heterocycles. The lowest BCUT2D eigenvalue weighted by Crippen LogP contribution is -1.93. The summed E-state index contributed by atoms with van der Waals surface area (Å²) in [6.45, 7) is 0. The molecule has 0 fully saturated rings. The number of halogens is 1. The lowest BCUT2D eigenvalue weighted by atomic mass is 10.0. The minimum Gasteiger partial charge on any atom is -0.494 e. The Kier molecular flexibility index (Phi) is 2.73. The average Bonchev–Trinajstić information content (AvgIpc) is 2.65. The smallest absolute Gasteiger partial charge is 0.172 e. The van der Waals surface area contributed by atoms with Gasteiger partial charge in [-0.05, 0) is 24.5 Å². The fourth-order valence-electron chi connectivity index (χ4n) is 1.84. The Hall–Kier alpha value is -1.35. The van der Waals surface area contributed by atoms with E-state index in [2.05, 4.69) is 0 Å². The van der Waals surface area contributed by atoms with Crippen LogP contribution in [-0.2, 0) is 0 Å².